The van der Waals surface area contributed by atoms with Crippen molar-refractivity contribution in [3.05, 3.63) is 59.7 Å². The molecule has 0 spiro atoms. The number of rotatable bonds is 7. The summed E-state index contributed by atoms with van der Waals surface area (Å²) in [5, 5.41) is 2.68. The van der Waals surface area contributed by atoms with Crippen molar-refractivity contribution in [2.45, 2.75) is 6.54 Å². The predicted molar refractivity (Wildman–Crippen MR) is 88.1 cm³/mol. The lowest BCUT2D eigenvalue weighted by Gasteiger charge is -2.08. The van der Waals surface area contributed by atoms with Crippen LogP contribution in [-0.4, -0.2) is 32.7 Å². The highest BCUT2D eigenvalue weighted by molar-refractivity contribution is 5.91. The zero-order valence-electron chi connectivity index (χ0n) is 13.6. The largest absolute Gasteiger partial charge is 0.497 e. The van der Waals surface area contributed by atoms with Crippen molar-refractivity contribution in [1.29, 1.82) is 0 Å². The van der Waals surface area contributed by atoms with Gasteiger partial charge in [-0.25, -0.2) is 4.79 Å². The van der Waals surface area contributed by atoms with Crippen LogP contribution in [0.4, 0.5) is 0 Å². The van der Waals surface area contributed by atoms with E-state index in [1.54, 1.807) is 38.5 Å². The van der Waals surface area contributed by atoms with Gasteiger partial charge in [0.2, 0.25) is 0 Å². The second-order valence-electron chi connectivity index (χ2n) is 4.93. The number of amides is 1. The summed E-state index contributed by atoms with van der Waals surface area (Å²) >= 11 is 0. The van der Waals surface area contributed by atoms with Crippen LogP contribution in [0.3, 0.4) is 0 Å². The molecule has 6 nitrogen and oxygen atoms in total. The van der Waals surface area contributed by atoms with E-state index in [1.165, 1.54) is 0 Å². The van der Waals surface area contributed by atoms with Gasteiger partial charge in [0.05, 0.1) is 19.8 Å². The zero-order valence-corrected chi connectivity index (χ0v) is 13.6. The van der Waals surface area contributed by atoms with E-state index < -0.39 is 5.97 Å². The van der Waals surface area contributed by atoms with E-state index in [9.17, 15) is 9.59 Å². The first-order valence-electron chi connectivity index (χ1n) is 7.33. The normalized spacial score (nSPS) is 9.92. The van der Waals surface area contributed by atoms with E-state index in [0.29, 0.717) is 17.9 Å². The maximum atomic E-state index is 11.8. The number of nitrogens with one attached hydrogen (secondary N) is 1. The molecule has 0 atom stereocenters. The molecule has 0 radical (unpaired) electrons. The molecule has 0 saturated carbocycles. The minimum absolute atomic E-state index is 0.332. The predicted octanol–water partition coefficient (Wildman–Crippen LogP) is 2.18. The molecule has 0 unspecified atom stereocenters. The SMILES string of the molecule is COc1ccc(CNC(=O)COC(=O)c2ccc(OC)cc2)cc1. The van der Waals surface area contributed by atoms with Gasteiger partial charge in [0.1, 0.15) is 11.5 Å². The molecule has 0 fully saturated rings. The molecule has 0 aliphatic heterocycles. The Hall–Kier alpha value is -3.02. The summed E-state index contributed by atoms with van der Waals surface area (Å²) in [5.74, 6) is 0.465. The third-order valence-corrected chi connectivity index (χ3v) is 3.31. The van der Waals surface area contributed by atoms with Gasteiger partial charge in [0.25, 0.3) is 5.91 Å². The Morgan fingerprint density at radius 3 is 1.96 bits per heavy atom. The first-order chi connectivity index (χ1) is 11.6. The number of hydrogen-bond donors (Lipinski definition) is 1. The van der Waals surface area contributed by atoms with Crippen LogP contribution in [0.25, 0.3) is 0 Å². The van der Waals surface area contributed by atoms with E-state index in [4.69, 9.17) is 14.2 Å². The van der Waals surface area contributed by atoms with Crippen molar-refractivity contribution >= 4 is 11.9 Å². The summed E-state index contributed by atoms with van der Waals surface area (Å²) < 4.78 is 15.1. The number of benzene rings is 2. The van der Waals surface area contributed by atoms with Crippen molar-refractivity contribution in [3.63, 3.8) is 0 Å². The van der Waals surface area contributed by atoms with Crippen molar-refractivity contribution < 1.29 is 23.8 Å². The maximum Gasteiger partial charge on any atom is 0.338 e. The van der Waals surface area contributed by atoms with Crippen LogP contribution in [0.1, 0.15) is 15.9 Å². The lowest BCUT2D eigenvalue weighted by atomic mass is 10.2. The Kier molecular flexibility index (Phi) is 6.19. The Morgan fingerprint density at radius 1 is 0.875 bits per heavy atom. The Morgan fingerprint density at radius 2 is 1.42 bits per heavy atom. The Balaban J connectivity index is 1.76. The van der Waals surface area contributed by atoms with E-state index >= 15 is 0 Å². The topological polar surface area (TPSA) is 73.9 Å². The first-order valence-corrected chi connectivity index (χ1v) is 7.33. The molecule has 2 aromatic rings. The number of carbonyl (C=O) groups is 2. The average Bonchev–Trinajstić information content (AvgIpc) is 2.64. The van der Waals surface area contributed by atoms with Gasteiger partial charge in [-0.2, -0.15) is 0 Å². The van der Waals surface area contributed by atoms with Crippen LogP contribution in [0, 0.1) is 0 Å². The number of ether oxygens (including phenoxy) is 3. The molecule has 0 aromatic heterocycles. The molecule has 126 valence electrons. The van der Waals surface area contributed by atoms with Gasteiger partial charge >= 0.3 is 5.97 Å². The fraction of sp³-hybridized carbons (Fsp3) is 0.222. The lowest BCUT2D eigenvalue weighted by Crippen LogP contribution is -2.28. The van der Waals surface area contributed by atoms with Crippen molar-refractivity contribution in [2.75, 3.05) is 20.8 Å². The second kappa shape index (κ2) is 8.57. The minimum Gasteiger partial charge on any atom is -0.497 e. The number of methoxy groups -OCH3 is 2. The van der Waals surface area contributed by atoms with Crippen LogP contribution >= 0.6 is 0 Å². The molecule has 6 heteroatoms. The van der Waals surface area contributed by atoms with Gasteiger partial charge in [-0.05, 0) is 42.0 Å². The average molecular weight is 329 g/mol. The molecule has 0 aliphatic carbocycles. The van der Waals surface area contributed by atoms with Crippen molar-refractivity contribution in [3.8, 4) is 11.5 Å². The molecular formula is C18H19NO5. The summed E-state index contributed by atoms with van der Waals surface area (Å²) in [4.78, 5) is 23.6. The second-order valence-corrected chi connectivity index (χ2v) is 4.93. The van der Waals surface area contributed by atoms with E-state index in [2.05, 4.69) is 5.32 Å². The number of hydrogen-bond acceptors (Lipinski definition) is 5. The summed E-state index contributed by atoms with van der Waals surface area (Å²) in [6.45, 7) is 0.0178. The fourth-order valence-corrected chi connectivity index (χ4v) is 1.94. The molecule has 0 heterocycles. The molecule has 0 saturated heterocycles. The fourth-order valence-electron chi connectivity index (χ4n) is 1.94. The van der Waals surface area contributed by atoms with Crippen LogP contribution in [-0.2, 0) is 16.1 Å². The number of carbonyl (C=O) groups excluding carboxylic acids is 2. The van der Waals surface area contributed by atoms with Gasteiger partial charge in [-0.1, -0.05) is 12.1 Å². The summed E-state index contributed by atoms with van der Waals surface area (Å²) in [6, 6.07) is 13.8. The zero-order chi connectivity index (χ0) is 17.4. The summed E-state index contributed by atoms with van der Waals surface area (Å²) in [6.07, 6.45) is 0. The number of esters is 1. The smallest absolute Gasteiger partial charge is 0.338 e. The van der Waals surface area contributed by atoms with Crippen molar-refractivity contribution in [1.82, 2.24) is 5.32 Å². The van der Waals surface area contributed by atoms with E-state index in [0.717, 1.165) is 11.3 Å². The highest BCUT2D eigenvalue weighted by Crippen LogP contribution is 2.12. The van der Waals surface area contributed by atoms with Gasteiger partial charge in [-0.3, -0.25) is 4.79 Å². The van der Waals surface area contributed by atoms with Crippen LogP contribution in [0.15, 0.2) is 48.5 Å². The van der Waals surface area contributed by atoms with Gasteiger partial charge in [0, 0.05) is 6.54 Å². The standard InChI is InChI=1S/C18H19NO5/c1-22-15-7-3-13(4-8-15)11-19-17(20)12-24-18(21)14-5-9-16(23-2)10-6-14/h3-10H,11-12H2,1-2H3,(H,19,20). The Labute approximate surface area is 140 Å². The Bertz CT molecular complexity index is 680. The molecular weight excluding hydrogens is 310 g/mol. The van der Waals surface area contributed by atoms with Crippen LogP contribution in [0.5, 0.6) is 11.5 Å². The molecule has 1 amide bonds. The van der Waals surface area contributed by atoms with Gasteiger partial charge < -0.3 is 19.5 Å². The third kappa shape index (κ3) is 5.01. The van der Waals surface area contributed by atoms with E-state index in [-0.39, 0.29) is 12.5 Å². The van der Waals surface area contributed by atoms with Crippen LogP contribution in [0.2, 0.25) is 0 Å². The molecule has 2 rings (SSSR count). The highest BCUT2D eigenvalue weighted by atomic mass is 16.5. The molecule has 2 aromatic carbocycles. The lowest BCUT2D eigenvalue weighted by molar-refractivity contribution is -0.124. The highest BCUT2D eigenvalue weighted by Gasteiger charge is 2.10. The molecule has 0 bridgehead atoms. The van der Waals surface area contributed by atoms with E-state index in [1.807, 2.05) is 24.3 Å². The molecule has 1 N–H and O–H groups in total. The maximum absolute atomic E-state index is 11.8. The third-order valence-electron chi connectivity index (χ3n) is 3.31. The summed E-state index contributed by atoms with van der Waals surface area (Å²) in [7, 11) is 3.13. The quantitative estimate of drug-likeness (QED) is 0.788. The van der Waals surface area contributed by atoms with Gasteiger partial charge in [-0.15, -0.1) is 0 Å². The minimum atomic E-state index is -0.558. The summed E-state index contributed by atoms with van der Waals surface area (Å²) in [5.41, 5.74) is 1.28. The monoisotopic (exact) mass is 329 g/mol. The van der Waals surface area contributed by atoms with Crippen molar-refractivity contribution in [2.24, 2.45) is 0 Å². The molecule has 0 aliphatic rings. The van der Waals surface area contributed by atoms with Crippen LogP contribution < -0.4 is 14.8 Å². The van der Waals surface area contributed by atoms with Gasteiger partial charge in [0.15, 0.2) is 6.61 Å². The molecule has 24 heavy (non-hydrogen) atoms. The first kappa shape index (κ1) is 17.3.